The normalized spacial score (nSPS) is 63.9. The van der Waals surface area contributed by atoms with Gasteiger partial charge >= 0.3 is 0 Å². The summed E-state index contributed by atoms with van der Waals surface area (Å²) in [5, 5.41) is 67.1. The van der Waals surface area contributed by atoms with Crippen LogP contribution in [0.4, 0.5) is 0 Å². The predicted molar refractivity (Wildman–Crippen MR) is 94.0 cm³/mol. The van der Waals surface area contributed by atoms with E-state index in [1.54, 1.807) is 27.7 Å². The highest BCUT2D eigenvalue weighted by Gasteiger charge is 2.76. The van der Waals surface area contributed by atoms with Crippen molar-refractivity contribution in [2.45, 2.75) is 94.9 Å². The van der Waals surface area contributed by atoms with E-state index in [2.05, 4.69) is 0 Å². The van der Waals surface area contributed by atoms with Crippen molar-refractivity contribution in [2.24, 2.45) is 28.6 Å². The third kappa shape index (κ3) is 1.89. The molecule has 0 aromatic carbocycles. The van der Waals surface area contributed by atoms with E-state index in [0.29, 0.717) is 19.3 Å². The maximum absolute atomic E-state index is 11.7. The second kappa shape index (κ2) is 5.02. The van der Waals surface area contributed by atoms with Crippen molar-refractivity contribution in [1.82, 2.24) is 0 Å². The summed E-state index contributed by atoms with van der Waals surface area (Å²) < 4.78 is 0. The summed E-state index contributed by atoms with van der Waals surface area (Å²) in [6.07, 6.45) is -1.01. The fourth-order valence-corrected chi connectivity index (χ4v) is 7.80. The van der Waals surface area contributed by atoms with Crippen LogP contribution < -0.4 is 0 Å². The number of aliphatic hydroxyl groups is 6. The molecule has 0 heterocycles. The summed E-state index contributed by atoms with van der Waals surface area (Å²) in [5.74, 6) is -1.34. The fourth-order valence-electron chi connectivity index (χ4n) is 7.80. The largest absolute Gasteiger partial charge is 0.392 e. The van der Waals surface area contributed by atoms with Crippen LogP contribution in [0.25, 0.3) is 0 Å². The molecule has 4 aliphatic carbocycles. The molecule has 4 aliphatic rings. The number of hydrogen-bond donors (Lipinski definition) is 6. The number of rotatable bonds is 0. The Balaban J connectivity index is 1.89. The van der Waals surface area contributed by atoms with Gasteiger partial charge in [0.15, 0.2) is 0 Å². The van der Waals surface area contributed by atoms with Crippen LogP contribution in [-0.2, 0) is 0 Å². The lowest BCUT2D eigenvalue weighted by atomic mass is 9.57. The first-order valence-electron chi connectivity index (χ1n) is 9.94. The molecular weight excluding hydrogens is 336 g/mol. The van der Waals surface area contributed by atoms with Crippen molar-refractivity contribution < 1.29 is 30.6 Å². The van der Waals surface area contributed by atoms with E-state index in [9.17, 15) is 30.6 Å². The van der Waals surface area contributed by atoms with Gasteiger partial charge in [-0.05, 0) is 51.9 Å². The lowest BCUT2D eigenvalue weighted by Crippen LogP contribution is -2.60. The SMILES string of the molecule is CC1(C)[C@@H](O)C[C@H]2[C@](C)(O)[C@@H]3CCC4[C@@H](O)[C@@]3(C[C@H](O)[C@@]21O)C[C@@]4(C)O. The van der Waals surface area contributed by atoms with E-state index in [4.69, 9.17) is 0 Å². The molecule has 0 aliphatic heterocycles. The maximum Gasteiger partial charge on any atom is 0.104 e. The second-order valence-corrected chi connectivity index (χ2v) is 10.7. The molecular formula is C20H34O6. The van der Waals surface area contributed by atoms with Crippen molar-refractivity contribution in [2.75, 3.05) is 0 Å². The Morgan fingerprint density at radius 1 is 0.808 bits per heavy atom. The van der Waals surface area contributed by atoms with Gasteiger partial charge < -0.3 is 30.6 Å². The Morgan fingerprint density at radius 2 is 1.42 bits per heavy atom. The first-order chi connectivity index (χ1) is 11.7. The minimum absolute atomic E-state index is 0.116. The number of fused-ring (bicyclic) bond motifs is 2. The van der Waals surface area contributed by atoms with Crippen molar-refractivity contribution in [3.05, 3.63) is 0 Å². The van der Waals surface area contributed by atoms with Gasteiger partial charge in [0.2, 0.25) is 0 Å². The summed E-state index contributed by atoms with van der Waals surface area (Å²) >= 11 is 0. The van der Waals surface area contributed by atoms with Gasteiger partial charge in [-0.3, -0.25) is 0 Å². The molecule has 1 unspecified atom stereocenters. The molecule has 4 fully saturated rings. The molecule has 0 radical (unpaired) electrons. The van der Waals surface area contributed by atoms with E-state index in [-0.39, 0.29) is 24.7 Å². The summed E-state index contributed by atoms with van der Waals surface area (Å²) in [4.78, 5) is 0. The third-order valence-corrected chi connectivity index (χ3v) is 9.26. The summed E-state index contributed by atoms with van der Waals surface area (Å²) in [6.45, 7) is 6.87. The zero-order chi connectivity index (χ0) is 19.5. The molecule has 4 rings (SSSR count). The van der Waals surface area contributed by atoms with Crippen molar-refractivity contribution in [1.29, 1.82) is 0 Å². The van der Waals surface area contributed by atoms with Crippen LogP contribution in [0.15, 0.2) is 0 Å². The van der Waals surface area contributed by atoms with Crippen LogP contribution in [-0.4, -0.2) is 65.8 Å². The van der Waals surface area contributed by atoms with Gasteiger partial charge in [0.1, 0.15) is 5.60 Å². The van der Waals surface area contributed by atoms with E-state index in [0.717, 1.165) is 0 Å². The van der Waals surface area contributed by atoms with Crippen molar-refractivity contribution >= 4 is 0 Å². The van der Waals surface area contributed by atoms with E-state index >= 15 is 0 Å². The van der Waals surface area contributed by atoms with Crippen LogP contribution in [0, 0.1) is 28.6 Å². The Morgan fingerprint density at radius 3 is 2.04 bits per heavy atom. The Hall–Kier alpha value is -0.240. The quantitative estimate of drug-likeness (QED) is 0.361. The molecule has 150 valence electrons. The molecule has 6 heteroatoms. The molecule has 0 amide bonds. The molecule has 26 heavy (non-hydrogen) atoms. The minimum atomic E-state index is -1.66. The van der Waals surface area contributed by atoms with Crippen LogP contribution in [0.3, 0.4) is 0 Å². The summed E-state index contributed by atoms with van der Waals surface area (Å²) in [5.41, 5.74) is -5.91. The Kier molecular flexibility index (Phi) is 3.69. The fraction of sp³-hybridized carbons (Fsp3) is 1.00. The van der Waals surface area contributed by atoms with Crippen LogP contribution in [0.5, 0.6) is 0 Å². The van der Waals surface area contributed by atoms with E-state index in [1.165, 1.54) is 0 Å². The second-order valence-electron chi connectivity index (χ2n) is 10.7. The smallest absolute Gasteiger partial charge is 0.104 e. The molecule has 10 atom stereocenters. The molecule has 6 N–H and O–H groups in total. The van der Waals surface area contributed by atoms with Gasteiger partial charge in [0.05, 0.1) is 29.5 Å². The highest BCUT2D eigenvalue weighted by Crippen LogP contribution is 2.69. The lowest BCUT2D eigenvalue weighted by molar-refractivity contribution is -0.201. The third-order valence-electron chi connectivity index (χ3n) is 9.26. The highest BCUT2D eigenvalue weighted by molar-refractivity contribution is 5.25. The van der Waals surface area contributed by atoms with Crippen molar-refractivity contribution in [3.63, 3.8) is 0 Å². The Bertz CT molecular complexity index is 615. The van der Waals surface area contributed by atoms with Crippen LogP contribution >= 0.6 is 0 Å². The van der Waals surface area contributed by atoms with E-state index in [1.807, 2.05) is 0 Å². The van der Waals surface area contributed by atoms with Gasteiger partial charge in [-0.25, -0.2) is 0 Å². The van der Waals surface area contributed by atoms with Gasteiger partial charge in [-0.15, -0.1) is 0 Å². The molecule has 1 spiro atoms. The molecule has 0 aromatic heterocycles. The average molecular weight is 370 g/mol. The molecule has 4 saturated carbocycles. The highest BCUT2D eigenvalue weighted by atomic mass is 16.4. The summed E-state index contributed by atoms with van der Waals surface area (Å²) in [7, 11) is 0. The average Bonchev–Trinajstić information content (AvgIpc) is 2.72. The van der Waals surface area contributed by atoms with Gasteiger partial charge in [-0.1, -0.05) is 13.8 Å². The maximum atomic E-state index is 11.7. The molecule has 2 bridgehead atoms. The first kappa shape index (κ1) is 19.1. The van der Waals surface area contributed by atoms with Gasteiger partial charge in [0, 0.05) is 22.7 Å². The van der Waals surface area contributed by atoms with Crippen LogP contribution in [0.2, 0.25) is 0 Å². The van der Waals surface area contributed by atoms with Gasteiger partial charge in [-0.2, -0.15) is 0 Å². The number of aliphatic hydroxyl groups excluding tert-OH is 3. The van der Waals surface area contributed by atoms with E-state index < -0.39 is 51.9 Å². The molecule has 0 saturated heterocycles. The zero-order valence-corrected chi connectivity index (χ0v) is 16.2. The first-order valence-corrected chi connectivity index (χ1v) is 9.94. The number of hydrogen-bond acceptors (Lipinski definition) is 6. The standard InChI is InChI=1S/C20H34O6/c1-16(2)13(21)7-12-18(4,25)11-6-5-10-15(23)19(11,9-17(10,3)24)8-14(22)20(12,16)26/h10-15,21-26H,5-9H2,1-4H3/t10?,11-,12-,13-,14-,15+,17+,18+,19-,20-/m0/s1. The zero-order valence-electron chi connectivity index (χ0n) is 16.2. The molecule has 0 aromatic rings. The minimum Gasteiger partial charge on any atom is -0.392 e. The molecule has 6 nitrogen and oxygen atoms in total. The van der Waals surface area contributed by atoms with Crippen molar-refractivity contribution in [3.8, 4) is 0 Å². The van der Waals surface area contributed by atoms with Crippen LogP contribution in [0.1, 0.15) is 59.8 Å². The van der Waals surface area contributed by atoms with Gasteiger partial charge in [0.25, 0.3) is 0 Å². The lowest BCUT2D eigenvalue weighted by Gasteiger charge is -2.51. The summed E-state index contributed by atoms with van der Waals surface area (Å²) in [6, 6.07) is 0. The Labute approximate surface area is 154 Å². The monoisotopic (exact) mass is 370 g/mol. The topological polar surface area (TPSA) is 121 Å². The predicted octanol–water partition coefficient (Wildman–Crippen LogP) is 0.168.